The number of rotatable bonds is 4. The first-order valence-corrected chi connectivity index (χ1v) is 6.65. The zero-order valence-electron chi connectivity index (χ0n) is 12.9. The van der Waals surface area contributed by atoms with E-state index >= 15 is 0 Å². The Kier molecular flexibility index (Phi) is 5.12. The molecule has 106 valence electrons. The van der Waals surface area contributed by atoms with E-state index < -0.39 is 5.41 Å². The first kappa shape index (κ1) is 15.7. The van der Waals surface area contributed by atoms with Crippen molar-refractivity contribution in [3.63, 3.8) is 0 Å². The fourth-order valence-electron chi connectivity index (χ4n) is 1.71. The first-order valence-electron chi connectivity index (χ1n) is 6.65. The summed E-state index contributed by atoms with van der Waals surface area (Å²) in [5.41, 5.74) is 1.80. The summed E-state index contributed by atoms with van der Waals surface area (Å²) in [5.74, 6) is -0.169. The van der Waals surface area contributed by atoms with E-state index in [1.165, 1.54) is 5.56 Å². The summed E-state index contributed by atoms with van der Waals surface area (Å²) >= 11 is 0. The van der Waals surface area contributed by atoms with Gasteiger partial charge in [0.1, 0.15) is 6.10 Å². The molecule has 1 aromatic carbocycles. The predicted octanol–water partition coefficient (Wildman–Crippen LogP) is 3.40. The second kappa shape index (κ2) is 6.20. The molecule has 0 aliphatic rings. The van der Waals surface area contributed by atoms with Crippen molar-refractivity contribution in [1.82, 2.24) is 4.90 Å². The van der Waals surface area contributed by atoms with Crippen molar-refractivity contribution in [3.05, 3.63) is 35.4 Å². The highest BCUT2D eigenvalue weighted by molar-refractivity contribution is 5.75. The minimum atomic E-state index is -0.463. The third kappa shape index (κ3) is 5.03. The summed E-state index contributed by atoms with van der Waals surface area (Å²) < 4.78 is 5.51. The van der Waals surface area contributed by atoms with Crippen molar-refractivity contribution in [3.8, 4) is 0 Å². The van der Waals surface area contributed by atoms with Crippen LogP contribution in [-0.4, -0.2) is 25.0 Å². The van der Waals surface area contributed by atoms with Gasteiger partial charge in [0.2, 0.25) is 0 Å². The molecule has 1 atom stereocenters. The van der Waals surface area contributed by atoms with E-state index in [-0.39, 0.29) is 12.1 Å². The zero-order valence-corrected chi connectivity index (χ0v) is 12.9. The Hall–Kier alpha value is -1.35. The normalized spacial score (nSPS) is 13.4. The molecule has 19 heavy (non-hydrogen) atoms. The van der Waals surface area contributed by atoms with E-state index in [2.05, 4.69) is 17.0 Å². The van der Waals surface area contributed by atoms with Crippen LogP contribution in [-0.2, 0) is 16.1 Å². The Bertz CT molecular complexity index is 433. The van der Waals surface area contributed by atoms with Crippen LogP contribution in [0.3, 0.4) is 0 Å². The number of benzene rings is 1. The van der Waals surface area contributed by atoms with Crippen molar-refractivity contribution >= 4 is 5.97 Å². The summed E-state index contributed by atoms with van der Waals surface area (Å²) in [5, 5.41) is 0. The molecule has 0 heterocycles. The number of nitrogens with zero attached hydrogens (tertiary/aromatic N) is 1. The molecular formula is C16H25NO2. The van der Waals surface area contributed by atoms with E-state index in [9.17, 15) is 4.79 Å². The van der Waals surface area contributed by atoms with Crippen LogP contribution in [0.2, 0.25) is 0 Å². The van der Waals surface area contributed by atoms with E-state index in [0.29, 0.717) is 0 Å². The molecule has 0 aliphatic heterocycles. The first-order chi connectivity index (χ1) is 8.70. The van der Waals surface area contributed by atoms with E-state index in [4.69, 9.17) is 4.74 Å². The van der Waals surface area contributed by atoms with Crippen LogP contribution in [0.4, 0.5) is 0 Å². The Labute approximate surface area is 116 Å². The second-order valence-electron chi connectivity index (χ2n) is 6.28. The van der Waals surface area contributed by atoms with Crippen molar-refractivity contribution < 1.29 is 9.53 Å². The molecule has 0 spiro atoms. The highest BCUT2D eigenvalue weighted by atomic mass is 16.5. The largest absolute Gasteiger partial charge is 0.457 e. The molecular weight excluding hydrogens is 238 g/mol. The fraction of sp³-hybridized carbons (Fsp3) is 0.562. The number of esters is 1. The molecule has 0 saturated carbocycles. The number of ether oxygens (including phenoxy) is 1. The lowest BCUT2D eigenvalue weighted by atomic mass is 9.97. The Morgan fingerprint density at radius 1 is 1.32 bits per heavy atom. The maximum Gasteiger partial charge on any atom is 0.311 e. The van der Waals surface area contributed by atoms with Gasteiger partial charge in [-0.2, -0.15) is 0 Å². The molecule has 1 aromatic rings. The van der Waals surface area contributed by atoms with Crippen molar-refractivity contribution in [2.75, 3.05) is 14.1 Å². The molecule has 1 unspecified atom stereocenters. The third-order valence-electron chi connectivity index (χ3n) is 2.82. The van der Waals surface area contributed by atoms with Gasteiger partial charge >= 0.3 is 5.97 Å². The second-order valence-corrected chi connectivity index (χ2v) is 6.28. The Balaban J connectivity index is 2.77. The lowest BCUT2D eigenvalue weighted by Crippen LogP contribution is -2.24. The molecule has 0 bridgehead atoms. The smallest absolute Gasteiger partial charge is 0.311 e. The number of hydrogen-bond donors (Lipinski definition) is 0. The van der Waals surface area contributed by atoms with Gasteiger partial charge in [-0.25, -0.2) is 0 Å². The van der Waals surface area contributed by atoms with Crippen molar-refractivity contribution in [2.24, 2.45) is 5.41 Å². The molecule has 0 saturated heterocycles. The van der Waals surface area contributed by atoms with Crippen LogP contribution >= 0.6 is 0 Å². The van der Waals surface area contributed by atoms with Crippen LogP contribution in [0.1, 0.15) is 44.9 Å². The fourth-order valence-corrected chi connectivity index (χ4v) is 1.71. The predicted molar refractivity (Wildman–Crippen MR) is 77.8 cm³/mol. The van der Waals surface area contributed by atoms with Gasteiger partial charge in [-0.15, -0.1) is 0 Å². The standard InChI is InChI=1S/C16H25NO2/c1-12(19-15(18)16(2,3)4)14-9-7-8-13(10-14)11-17(5)6/h7-10,12H,11H2,1-6H3. The van der Waals surface area contributed by atoms with Crippen molar-refractivity contribution in [2.45, 2.75) is 40.3 Å². The Morgan fingerprint density at radius 2 is 1.95 bits per heavy atom. The van der Waals surface area contributed by atoms with Gasteiger partial charge in [0.05, 0.1) is 5.41 Å². The maximum absolute atomic E-state index is 11.9. The molecule has 0 radical (unpaired) electrons. The molecule has 3 nitrogen and oxygen atoms in total. The molecule has 0 amide bonds. The number of carbonyl (C=O) groups excluding carboxylic acids is 1. The average molecular weight is 263 g/mol. The van der Waals surface area contributed by atoms with Gasteiger partial charge in [0.25, 0.3) is 0 Å². The lowest BCUT2D eigenvalue weighted by molar-refractivity contribution is -0.158. The molecule has 0 fully saturated rings. The van der Waals surface area contributed by atoms with E-state index in [1.807, 2.05) is 53.9 Å². The molecule has 1 rings (SSSR count). The van der Waals surface area contributed by atoms with Crippen molar-refractivity contribution in [1.29, 1.82) is 0 Å². The van der Waals surface area contributed by atoms with E-state index in [0.717, 1.165) is 12.1 Å². The summed E-state index contributed by atoms with van der Waals surface area (Å²) in [6.45, 7) is 8.39. The third-order valence-corrected chi connectivity index (χ3v) is 2.82. The lowest BCUT2D eigenvalue weighted by Gasteiger charge is -2.21. The topological polar surface area (TPSA) is 29.5 Å². The van der Waals surface area contributed by atoms with Crippen LogP contribution in [0.25, 0.3) is 0 Å². The quantitative estimate of drug-likeness (QED) is 0.780. The summed E-state index contributed by atoms with van der Waals surface area (Å²) in [7, 11) is 4.07. The highest BCUT2D eigenvalue weighted by Gasteiger charge is 2.25. The summed E-state index contributed by atoms with van der Waals surface area (Å²) in [6.07, 6.45) is -0.214. The molecule has 3 heteroatoms. The molecule has 0 N–H and O–H groups in total. The minimum absolute atomic E-state index is 0.169. The van der Waals surface area contributed by atoms with Gasteiger partial charge in [-0.05, 0) is 52.9 Å². The molecule has 0 aromatic heterocycles. The summed E-state index contributed by atoms with van der Waals surface area (Å²) in [6, 6.07) is 8.19. The van der Waals surface area contributed by atoms with Crippen LogP contribution in [0.15, 0.2) is 24.3 Å². The maximum atomic E-state index is 11.9. The minimum Gasteiger partial charge on any atom is -0.457 e. The Morgan fingerprint density at radius 3 is 2.47 bits per heavy atom. The van der Waals surface area contributed by atoms with Crippen LogP contribution < -0.4 is 0 Å². The molecule has 0 aliphatic carbocycles. The summed E-state index contributed by atoms with van der Waals surface area (Å²) in [4.78, 5) is 14.0. The van der Waals surface area contributed by atoms with Gasteiger partial charge in [0.15, 0.2) is 0 Å². The zero-order chi connectivity index (χ0) is 14.6. The number of carbonyl (C=O) groups is 1. The van der Waals surface area contributed by atoms with Crippen LogP contribution in [0, 0.1) is 5.41 Å². The number of hydrogen-bond acceptors (Lipinski definition) is 3. The monoisotopic (exact) mass is 263 g/mol. The van der Waals surface area contributed by atoms with Crippen LogP contribution in [0.5, 0.6) is 0 Å². The highest BCUT2D eigenvalue weighted by Crippen LogP contribution is 2.23. The SMILES string of the molecule is CC(OC(=O)C(C)(C)C)c1cccc(CN(C)C)c1. The average Bonchev–Trinajstić information content (AvgIpc) is 2.27. The van der Waals surface area contributed by atoms with E-state index in [1.54, 1.807) is 0 Å². The van der Waals surface area contributed by atoms with Gasteiger partial charge < -0.3 is 9.64 Å². The van der Waals surface area contributed by atoms with Gasteiger partial charge in [-0.3, -0.25) is 4.79 Å². The van der Waals surface area contributed by atoms with Gasteiger partial charge in [-0.1, -0.05) is 24.3 Å². The van der Waals surface area contributed by atoms with Gasteiger partial charge in [0, 0.05) is 6.54 Å².